The third kappa shape index (κ3) is 2.55. The van der Waals surface area contributed by atoms with Gasteiger partial charge in [-0.1, -0.05) is 0 Å². The predicted molar refractivity (Wildman–Crippen MR) is 62.6 cm³/mol. The van der Waals surface area contributed by atoms with Crippen LogP contribution in [0.25, 0.3) is 0 Å². The lowest BCUT2D eigenvalue weighted by Crippen LogP contribution is -1.97. The Morgan fingerprint density at radius 1 is 1.43 bits per heavy atom. The first-order chi connectivity index (χ1) is 6.84. The van der Waals surface area contributed by atoms with Crippen LogP contribution in [-0.2, 0) is 0 Å². The topological polar surface area (TPSA) is 68.9 Å². The van der Waals surface area contributed by atoms with Gasteiger partial charge in [-0.05, 0) is 24.3 Å². The van der Waals surface area contributed by atoms with Crippen molar-refractivity contribution in [1.82, 2.24) is 13.3 Å². The molecular formula is C6H9N4OP3. The Bertz CT molecular complexity index is 409. The fraction of sp³-hybridized carbons (Fsp3) is 0. The van der Waals surface area contributed by atoms with Crippen LogP contribution in [0.4, 0.5) is 5.69 Å². The second-order valence-corrected chi connectivity index (χ2v) is 6.04. The van der Waals surface area contributed by atoms with Crippen molar-refractivity contribution < 1.29 is 4.84 Å². The van der Waals surface area contributed by atoms with Gasteiger partial charge in [-0.2, -0.15) is 4.51 Å². The molecule has 1 aromatic heterocycles. The number of aromatic amines is 1. The zero-order valence-corrected chi connectivity index (χ0v) is 10.0. The highest BCUT2D eigenvalue weighted by atomic mass is 31.1. The molecule has 0 saturated carbocycles. The maximum atomic E-state index is 5.56. The summed E-state index contributed by atoms with van der Waals surface area (Å²) in [5.74, 6) is 0.779. The lowest BCUT2D eigenvalue weighted by atomic mass is 10.3. The Labute approximate surface area is 85.6 Å². The quantitative estimate of drug-likeness (QED) is 0.799. The molecule has 74 valence electrons. The molecule has 2 unspecified atom stereocenters. The van der Waals surface area contributed by atoms with Crippen LogP contribution in [0.1, 0.15) is 0 Å². The van der Waals surface area contributed by atoms with Gasteiger partial charge in [0.1, 0.15) is 0 Å². The molecule has 2 rings (SSSR count). The lowest BCUT2D eigenvalue weighted by Gasteiger charge is -2.05. The number of hydrogen-bond donors (Lipinski definition) is 2. The number of H-pyrrole nitrogens is 1. The Morgan fingerprint density at radius 3 is 2.86 bits per heavy atom. The molecular weight excluding hydrogens is 237 g/mol. The lowest BCUT2D eigenvalue weighted by molar-refractivity contribution is 0.277. The highest BCUT2D eigenvalue weighted by Gasteiger charge is 1.93. The summed E-state index contributed by atoms with van der Waals surface area (Å²) in [6.45, 7) is 0. The molecule has 0 bridgehead atoms. The largest absolute Gasteiger partial charge is 0.399 e. The standard InChI is InChI=1S/C6H9N4OP3/c7-5-1-3-6(4-2-5)11-10-13-8-12-9-14-10/h1-4,8,12-13H,7H2. The SMILES string of the molecule is Nc1ccc(On2pn[pH][nH][pH]2)cc1. The molecule has 0 fully saturated rings. The minimum absolute atomic E-state index is 0.452. The van der Waals surface area contributed by atoms with E-state index in [2.05, 4.69) is 9.02 Å². The molecule has 14 heavy (non-hydrogen) atoms. The van der Waals surface area contributed by atoms with Crippen molar-refractivity contribution in [2.45, 2.75) is 0 Å². The second-order valence-electron chi connectivity index (χ2n) is 2.47. The van der Waals surface area contributed by atoms with Crippen LogP contribution < -0.4 is 10.6 Å². The Hall–Kier alpha value is -0.880. The molecule has 2 atom stereocenters. The Balaban J connectivity index is 2.16. The van der Waals surface area contributed by atoms with E-state index in [-0.39, 0.29) is 0 Å². The Kier molecular flexibility index (Phi) is 3.15. The molecule has 0 spiro atoms. The number of nitrogens with zero attached hydrogens (tertiary/aromatic N) is 2. The minimum atomic E-state index is 0.452. The van der Waals surface area contributed by atoms with Crippen molar-refractivity contribution in [1.29, 1.82) is 0 Å². The third-order valence-corrected chi connectivity index (χ3v) is 4.20. The van der Waals surface area contributed by atoms with E-state index in [0.717, 1.165) is 19.9 Å². The van der Waals surface area contributed by atoms with Gasteiger partial charge in [0, 0.05) is 14.2 Å². The van der Waals surface area contributed by atoms with Crippen molar-refractivity contribution in [3.8, 4) is 5.75 Å². The molecule has 0 aliphatic carbocycles. The van der Waals surface area contributed by atoms with Crippen LogP contribution in [-0.4, -0.2) is 13.3 Å². The van der Waals surface area contributed by atoms with Crippen LogP contribution in [0.2, 0.25) is 0 Å². The maximum absolute atomic E-state index is 5.56. The first kappa shape index (κ1) is 9.67. The summed E-state index contributed by atoms with van der Waals surface area (Å²) in [7, 11) is 1.79. The van der Waals surface area contributed by atoms with E-state index < -0.39 is 0 Å². The van der Waals surface area contributed by atoms with Gasteiger partial charge in [0.15, 0.2) is 14.3 Å². The summed E-state index contributed by atoms with van der Waals surface area (Å²) in [4.78, 5) is 5.54. The summed E-state index contributed by atoms with van der Waals surface area (Å²) in [5.41, 5.74) is 6.30. The van der Waals surface area contributed by atoms with Crippen LogP contribution in [0.5, 0.6) is 5.75 Å². The monoisotopic (exact) mass is 246 g/mol. The maximum Gasteiger partial charge on any atom is 0.182 e. The van der Waals surface area contributed by atoms with Gasteiger partial charge in [-0.25, -0.2) is 0 Å². The summed E-state index contributed by atoms with van der Waals surface area (Å²) in [6, 6.07) is 7.30. The van der Waals surface area contributed by atoms with E-state index in [1.54, 1.807) is 4.26 Å². The van der Waals surface area contributed by atoms with Gasteiger partial charge in [0.2, 0.25) is 0 Å². The van der Waals surface area contributed by atoms with E-state index in [9.17, 15) is 0 Å². The van der Waals surface area contributed by atoms with Gasteiger partial charge in [0.25, 0.3) is 0 Å². The van der Waals surface area contributed by atoms with Gasteiger partial charge in [0.05, 0.1) is 8.51 Å². The molecule has 0 aliphatic rings. The summed E-state index contributed by atoms with van der Waals surface area (Å²) < 4.78 is 9.02. The number of benzene rings is 1. The smallest absolute Gasteiger partial charge is 0.182 e. The number of aromatic nitrogens is 3. The normalized spacial score (nSPS) is 11.4. The number of hydrogen-bond acceptors (Lipinski definition) is 3. The average molecular weight is 246 g/mol. The van der Waals surface area contributed by atoms with Crippen LogP contribution in [0, 0.1) is 0 Å². The fourth-order valence-corrected chi connectivity index (χ4v) is 3.90. The van der Waals surface area contributed by atoms with Crippen molar-refractivity contribution >= 4 is 31.2 Å². The zero-order chi connectivity index (χ0) is 9.80. The van der Waals surface area contributed by atoms with Crippen LogP contribution in [0.3, 0.4) is 0 Å². The molecule has 0 saturated heterocycles. The predicted octanol–water partition coefficient (Wildman–Crippen LogP) is 2.40. The zero-order valence-electron chi connectivity index (χ0n) is 7.14. The fourth-order valence-electron chi connectivity index (χ4n) is 0.853. The highest BCUT2D eigenvalue weighted by Crippen LogP contribution is 2.18. The average Bonchev–Trinajstić information content (AvgIpc) is 2.23. The number of anilines is 1. The first-order valence-electron chi connectivity index (χ1n) is 3.84. The van der Waals surface area contributed by atoms with E-state index >= 15 is 0 Å². The van der Waals surface area contributed by atoms with Gasteiger partial charge in [-0.3, -0.25) is 0 Å². The van der Waals surface area contributed by atoms with Crippen LogP contribution >= 0.6 is 25.5 Å². The molecule has 1 aromatic carbocycles. The van der Waals surface area contributed by atoms with Gasteiger partial charge < -0.3 is 15.1 Å². The highest BCUT2D eigenvalue weighted by molar-refractivity contribution is 7.44. The molecule has 3 N–H and O–H groups in total. The van der Waals surface area contributed by atoms with Gasteiger partial charge >= 0.3 is 0 Å². The summed E-state index contributed by atoms with van der Waals surface area (Å²) in [5, 5.41) is 0. The van der Waals surface area contributed by atoms with Crippen molar-refractivity contribution in [3.63, 3.8) is 0 Å². The van der Waals surface area contributed by atoms with Crippen LogP contribution in [0.15, 0.2) is 24.3 Å². The van der Waals surface area contributed by atoms with Crippen molar-refractivity contribution in [2.75, 3.05) is 5.73 Å². The number of nitrogens with one attached hydrogen (secondary N) is 1. The van der Waals surface area contributed by atoms with E-state index in [0.29, 0.717) is 17.0 Å². The molecule has 0 aliphatic heterocycles. The molecule has 2 aromatic rings. The molecule has 8 heteroatoms. The summed E-state index contributed by atoms with van der Waals surface area (Å²) in [6.07, 6.45) is 0. The van der Waals surface area contributed by atoms with E-state index in [1.165, 1.54) is 0 Å². The van der Waals surface area contributed by atoms with Crippen molar-refractivity contribution in [2.24, 2.45) is 0 Å². The second kappa shape index (κ2) is 4.56. The van der Waals surface area contributed by atoms with Crippen molar-refractivity contribution in [3.05, 3.63) is 24.3 Å². The molecule has 0 amide bonds. The number of nitrogens with two attached hydrogens (primary N) is 1. The minimum Gasteiger partial charge on any atom is -0.399 e. The first-order valence-corrected chi connectivity index (χ1v) is 6.54. The van der Waals surface area contributed by atoms with Gasteiger partial charge in [-0.15, -0.1) is 4.26 Å². The number of rotatable bonds is 2. The molecule has 1 heterocycles. The Morgan fingerprint density at radius 2 is 2.21 bits per heavy atom. The molecule has 5 nitrogen and oxygen atoms in total. The molecule has 0 radical (unpaired) electrons. The number of nitrogen functional groups attached to an aromatic ring is 1. The van der Waals surface area contributed by atoms with E-state index in [1.807, 2.05) is 24.3 Å². The third-order valence-electron chi connectivity index (χ3n) is 1.46. The van der Waals surface area contributed by atoms with E-state index in [4.69, 9.17) is 10.6 Å². The summed E-state index contributed by atoms with van der Waals surface area (Å²) >= 11 is 0.